The van der Waals surface area contributed by atoms with Crippen LogP contribution in [0.3, 0.4) is 0 Å². The molecule has 90 valence electrons. The fourth-order valence-electron chi connectivity index (χ4n) is 2.37. The SMILES string of the molecule is CCC1(c2nc(-c3ccco3)no2)CCCN1. The molecule has 1 atom stereocenters. The molecular weight excluding hydrogens is 218 g/mol. The zero-order chi connectivity index (χ0) is 11.7. The second-order valence-electron chi connectivity index (χ2n) is 4.37. The van der Waals surface area contributed by atoms with Crippen LogP contribution in [-0.2, 0) is 5.54 Å². The van der Waals surface area contributed by atoms with Crippen molar-refractivity contribution in [2.24, 2.45) is 0 Å². The molecule has 2 aromatic rings. The zero-order valence-electron chi connectivity index (χ0n) is 9.77. The number of rotatable bonds is 3. The highest BCUT2D eigenvalue weighted by Crippen LogP contribution is 2.33. The highest BCUT2D eigenvalue weighted by Gasteiger charge is 2.39. The van der Waals surface area contributed by atoms with E-state index in [-0.39, 0.29) is 5.54 Å². The normalized spacial score (nSPS) is 24.3. The Hall–Kier alpha value is -1.62. The molecule has 5 heteroatoms. The van der Waals surface area contributed by atoms with Gasteiger partial charge < -0.3 is 14.3 Å². The van der Waals surface area contributed by atoms with Crippen LogP contribution in [0.25, 0.3) is 11.6 Å². The molecule has 0 aromatic carbocycles. The molecule has 1 aliphatic rings. The first kappa shape index (κ1) is 10.5. The molecule has 3 heterocycles. The van der Waals surface area contributed by atoms with E-state index in [1.54, 1.807) is 6.26 Å². The smallest absolute Gasteiger partial charge is 0.247 e. The largest absolute Gasteiger partial charge is 0.461 e. The average Bonchev–Trinajstić information content (AvgIpc) is 3.10. The van der Waals surface area contributed by atoms with Gasteiger partial charge in [0, 0.05) is 0 Å². The van der Waals surface area contributed by atoms with E-state index in [1.807, 2.05) is 12.1 Å². The summed E-state index contributed by atoms with van der Waals surface area (Å²) >= 11 is 0. The Morgan fingerprint density at radius 2 is 2.47 bits per heavy atom. The summed E-state index contributed by atoms with van der Waals surface area (Å²) in [6, 6.07) is 3.64. The van der Waals surface area contributed by atoms with Crippen molar-refractivity contribution in [2.45, 2.75) is 31.7 Å². The molecule has 0 amide bonds. The third-order valence-corrected chi connectivity index (χ3v) is 3.42. The topological polar surface area (TPSA) is 64.1 Å². The summed E-state index contributed by atoms with van der Waals surface area (Å²) in [5.41, 5.74) is -0.141. The lowest BCUT2D eigenvalue weighted by Crippen LogP contribution is -2.36. The van der Waals surface area contributed by atoms with Gasteiger partial charge in [-0.05, 0) is 37.9 Å². The van der Waals surface area contributed by atoms with Crippen LogP contribution in [0.5, 0.6) is 0 Å². The van der Waals surface area contributed by atoms with Crippen molar-refractivity contribution in [2.75, 3.05) is 6.54 Å². The zero-order valence-corrected chi connectivity index (χ0v) is 9.77. The lowest BCUT2D eigenvalue weighted by atomic mass is 9.94. The number of hydrogen-bond acceptors (Lipinski definition) is 5. The molecule has 0 spiro atoms. The van der Waals surface area contributed by atoms with E-state index in [0.29, 0.717) is 17.5 Å². The number of aromatic nitrogens is 2. The van der Waals surface area contributed by atoms with Crippen molar-refractivity contribution in [3.8, 4) is 11.6 Å². The molecule has 2 aromatic heterocycles. The van der Waals surface area contributed by atoms with Gasteiger partial charge in [-0.25, -0.2) is 0 Å². The predicted octanol–water partition coefficient (Wildman–Crippen LogP) is 2.32. The molecule has 0 saturated carbocycles. The van der Waals surface area contributed by atoms with Gasteiger partial charge in [0.15, 0.2) is 5.76 Å². The summed E-state index contributed by atoms with van der Waals surface area (Å²) in [6.45, 7) is 3.14. The van der Waals surface area contributed by atoms with Crippen LogP contribution >= 0.6 is 0 Å². The van der Waals surface area contributed by atoms with Gasteiger partial charge >= 0.3 is 0 Å². The van der Waals surface area contributed by atoms with Crippen molar-refractivity contribution in [1.82, 2.24) is 15.5 Å². The van der Waals surface area contributed by atoms with Crippen LogP contribution in [0.4, 0.5) is 0 Å². The van der Waals surface area contributed by atoms with Crippen molar-refractivity contribution in [3.63, 3.8) is 0 Å². The minimum absolute atomic E-state index is 0.141. The molecule has 3 rings (SSSR count). The number of nitrogens with one attached hydrogen (secondary N) is 1. The standard InChI is InChI=1S/C12H15N3O2/c1-2-12(6-4-7-13-12)11-14-10(15-17-11)9-5-3-8-16-9/h3,5,8,13H,2,4,6-7H2,1H3. The van der Waals surface area contributed by atoms with Crippen LogP contribution in [-0.4, -0.2) is 16.7 Å². The fraction of sp³-hybridized carbons (Fsp3) is 0.500. The number of furan rings is 1. The number of nitrogens with zero attached hydrogens (tertiary/aromatic N) is 2. The molecular formula is C12H15N3O2. The summed E-state index contributed by atoms with van der Waals surface area (Å²) < 4.78 is 10.6. The Morgan fingerprint density at radius 1 is 1.53 bits per heavy atom. The summed E-state index contributed by atoms with van der Waals surface area (Å²) in [6.07, 6.45) is 4.75. The summed E-state index contributed by atoms with van der Waals surface area (Å²) in [7, 11) is 0. The maximum atomic E-state index is 5.38. The average molecular weight is 233 g/mol. The Kier molecular flexibility index (Phi) is 2.48. The van der Waals surface area contributed by atoms with Crippen LogP contribution in [0, 0.1) is 0 Å². The van der Waals surface area contributed by atoms with Gasteiger partial charge in [0.25, 0.3) is 0 Å². The third kappa shape index (κ3) is 1.67. The van der Waals surface area contributed by atoms with Gasteiger partial charge in [-0.1, -0.05) is 12.1 Å². The van der Waals surface area contributed by atoms with E-state index >= 15 is 0 Å². The van der Waals surface area contributed by atoms with Crippen molar-refractivity contribution >= 4 is 0 Å². The third-order valence-electron chi connectivity index (χ3n) is 3.42. The first-order valence-corrected chi connectivity index (χ1v) is 5.97. The minimum atomic E-state index is -0.141. The van der Waals surface area contributed by atoms with Gasteiger partial charge in [0.05, 0.1) is 11.8 Å². The molecule has 1 aliphatic heterocycles. The number of hydrogen-bond donors (Lipinski definition) is 1. The molecule has 1 N–H and O–H groups in total. The van der Waals surface area contributed by atoms with Crippen LogP contribution < -0.4 is 5.32 Å². The van der Waals surface area contributed by atoms with E-state index < -0.39 is 0 Å². The van der Waals surface area contributed by atoms with Crippen molar-refractivity contribution in [1.29, 1.82) is 0 Å². The van der Waals surface area contributed by atoms with E-state index in [4.69, 9.17) is 8.94 Å². The Balaban J connectivity index is 1.94. The maximum Gasteiger partial charge on any atom is 0.247 e. The molecule has 0 bridgehead atoms. The first-order chi connectivity index (χ1) is 8.34. The Labute approximate surface area is 99.2 Å². The predicted molar refractivity (Wildman–Crippen MR) is 61.2 cm³/mol. The molecule has 5 nitrogen and oxygen atoms in total. The summed E-state index contributed by atoms with van der Waals surface area (Å²) in [5.74, 6) is 1.83. The highest BCUT2D eigenvalue weighted by molar-refractivity contribution is 5.45. The van der Waals surface area contributed by atoms with Gasteiger partial charge in [-0.2, -0.15) is 4.98 Å². The second kappa shape index (κ2) is 4.00. The van der Waals surface area contributed by atoms with E-state index in [9.17, 15) is 0 Å². The quantitative estimate of drug-likeness (QED) is 0.881. The highest BCUT2D eigenvalue weighted by atomic mass is 16.5. The van der Waals surface area contributed by atoms with Crippen LogP contribution in [0.2, 0.25) is 0 Å². The molecule has 17 heavy (non-hydrogen) atoms. The lowest BCUT2D eigenvalue weighted by Gasteiger charge is -2.22. The van der Waals surface area contributed by atoms with Crippen LogP contribution in [0.1, 0.15) is 32.1 Å². The van der Waals surface area contributed by atoms with Gasteiger partial charge in [0.1, 0.15) is 0 Å². The van der Waals surface area contributed by atoms with Gasteiger partial charge in [-0.3, -0.25) is 0 Å². The molecule has 1 unspecified atom stereocenters. The molecule has 1 fully saturated rings. The maximum absolute atomic E-state index is 5.38. The van der Waals surface area contributed by atoms with Crippen molar-refractivity contribution in [3.05, 3.63) is 24.3 Å². The molecule has 1 saturated heterocycles. The van der Waals surface area contributed by atoms with Gasteiger partial charge in [0.2, 0.25) is 11.7 Å². The van der Waals surface area contributed by atoms with E-state index in [0.717, 1.165) is 25.8 Å². The monoisotopic (exact) mass is 233 g/mol. The minimum Gasteiger partial charge on any atom is -0.461 e. The fourth-order valence-corrected chi connectivity index (χ4v) is 2.37. The summed E-state index contributed by atoms with van der Waals surface area (Å²) in [5, 5.41) is 7.44. The van der Waals surface area contributed by atoms with Crippen molar-refractivity contribution < 1.29 is 8.94 Å². The van der Waals surface area contributed by atoms with Gasteiger partial charge in [-0.15, -0.1) is 0 Å². The molecule has 0 aliphatic carbocycles. The lowest BCUT2D eigenvalue weighted by molar-refractivity contribution is 0.250. The summed E-state index contributed by atoms with van der Waals surface area (Å²) in [4.78, 5) is 4.44. The first-order valence-electron chi connectivity index (χ1n) is 5.97. The Morgan fingerprint density at radius 3 is 3.12 bits per heavy atom. The Bertz CT molecular complexity index is 484. The van der Waals surface area contributed by atoms with E-state index in [1.165, 1.54) is 0 Å². The second-order valence-corrected chi connectivity index (χ2v) is 4.37. The van der Waals surface area contributed by atoms with E-state index in [2.05, 4.69) is 22.4 Å². The molecule has 0 radical (unpaired) electrons. The van der Waals surface area contributed by atoms with Crippen LogP contribution in [0.15, 0.2) is 27.3 Å².